The molecular formula is C53H79N7O14. The van der Waals surface area contributed by atoms with Crippen LogP contribution in [0.1, 0.15) is 156 Å². The van der Waals surface area contributed by atoms with Gasteiger partial charge in [0.25, 0.3) is 0 Å². The number of nitrogens with one attached hydrogen (secondary N) is 5. The molecule has 2 saturated carbocycles. The van der Waals surface area contributed by atoms with E-state index in [1.54, 1.807) is 83.5 Å². The zero-order valence-corrected chi connectivity index (χ0v) is 44.4. The number of nitrogens with zero attached hydrogens (tertiary/aromatic N) is 2. The van der Waals surface area contributed by atoms with Gasteiger partial charge in [0.15, 0.2) is 0 Å². The number of carbonyl (C=O) groups excluding carboxylic acids is 9. The highest BCUT2D eigenvalue weighted by Crippen LogP contribution is 2.23. The first-order valence-corrected chi connectivity index (χ1v) is 25.9. The molecule has 0 aliphatic heterocycles. The molecule has 5 atom stereocenters. The minimum Gasteiger partial charge on any atom is -0.467 e. The maximum atomic E-state index is 14.7. The van der Waals surface area contributed by atoms with Crippen LogP contribution in [0.3, 0.4) is 0 Å². The Balaban J connectivity index is 1.67. The summed E-state index contributed by atoms with van der Waals surface area (Å²) in [5.41, 5.74) is -0.585. The fourth-order valence-corrected chi connectivity index (χ4v) is 8.57. The first kappa shape index (κ1) is 60.0. The van der Waals surface area contributed by atoms with E-state index in [-0.39, 0.29) is 63.6 Å². The van der Waals surface area contributed by atoms with Crippen molar-refractivity contribution in [3.63, 3.8) is 0 Å². The summed E-state index contributed by atoms with van der Waals surface area (Å²) in [7, 11) is 2.86. The van der Waals surface area contributed by atoms with E-state index in [2.05, 4.69) is 31.6 Å². The van der Waals surface area contributed by atoms with Crippen molar-refractivity contribution in [1.82, 2.24) is 36.1 Å². The highest BCUT2D eigenvalue weighted by molar-refractivity contribution is 5.96. The number of amides is 5. The molecule has 4 rings (SSSR count). The quantitative estimate of drug-likeness (QED) is 0.0669. The molecule has 21 heteroatoms. The smallest absolute Gasteiger partial charge is 0.408 e. The van der Waals surface area contributed by atoms with Gasteiger partial charge >= 0.3 is 30.0 Å². The molecule has 2 aliphatic carbocycles. The summed E-state index contributed by atoms with van der Waals surface area (Å²) < 4.78 is 29.1. The number of carbonyl (C=O) groups is 9. The Morgan fingerprint density at radius 3 is 1.42 bits per heavy atom. The maximum absolute atomic E-state index is 14.7. The highest BCUT2D eigenvalue weighted by Gasteiger charge is 2.35. The second-order valence-corrected chi connectivity index (χ2v) is 21.1. The lowest BCUT2D eigenvalue weighted by atomic mass is 9.98. The van der Waals surface area contributed by atoms with Gasteiger partial charge in [0.1, 0.15) is 53.6 Å². The zero-order chi connectivity index (χ0) is 54.4. The van der Waals surface area contributed by atoms with Crippen LogP contribution in [0.15, 0.2) is 42.9 Å². The predicted octanol–water partition coefficient (Wildman–Crippen LogP) is 4.64. The Morgan fingerprint density at radius 2 is 1.00 bits per heavy atom. The minimum absolute atomic E-state index is 0.0192. The molecule has 410 valence electrons. The molecule has 21 nitrogen and oxygen atoms in total. The molecule has 0 radical (unpaired) electrons. The third kappa shape index (κ3) is 22.3. The Labute approximate surface area is 434 Å². The van der Waals surface area contributed by atoms with Gasteiger partial charge in [0.05, 0.1) is 13.4 Å². The van der Waals surface area contributed by atoms with Gasteiger partial charge in [-0.25, -0.2) is 14.6 Å². The number of alkyl carbamates (subject to hydrolysis) is 1. The van der Waals surface area contributed by atoms with Crippen molar-refractivity contribution in [2.75, 3.05) is 7.11 Å². The molecule has 5 N–H and O–H groups in total. The molecule has 74 heavy (non-hydrogen) atoms. The van der Waals surface area contributed by atoms with Gasteiger partial charge in [-0.3, -0.25) is 33.6 Å². The highest BCUT2D eigenvalue weighted by atomic mass is 16.6. The van der Waals surface area contributed by atoms with Crippen LogP contribution in [0.4, 0.5) is 4.79 Å². The standard InChI is InChI=1S/C53H79N7O14/c1-52(2,3)73-45(63)29-26-40(48(66)58-42(50(68)70-8)30-34-18-12-9-13-19-34)56-46(64)38(24-27-43(61)71-36-20-14-10-15-21-36)55-47(65)39(25-28-44(62)72-37-22-16-11-17-23-37)57-49(67)41(31-35-32-54-33-60(35)7)59-51(69)74-53(4,5)6/h9,12-13,18-19,32-33,36-42H,10-11,14-17,20-31H2,1-8H3,(H,55,65)(H,56,64)(H,57,67)(H,58,66)(H,59,69)/t38-,39-,40+,41-,42-/m0/s1. The van der Waals surface area contributed by atoms with E-state index in [4.69, 9.17) is 23.7 Å². The molecule has 1 heterocycles. The average molecular weight is 1040 g/mol. The normalized spacial score (nSPS) is 16.4. The van der Waals surface area contributed by atoms with Gasteiger partial charge in [0.2, 0.25) is 23.6 Å². The Bertz CT molecular complexity index is 2190. The van der Waals surface area contributed by atoms with E-state index in [9.17, 15) is 43.2 Å². The molecule has 1 aromatic heterocycles. The number of hydrogen-bond acceptors (Lipinski definition) is 15. The maximum Gasteiger partial charge on any atom is 0.408 e. The van der Waals surface area contributed by atoms with Crippen LogP contribution < -0.4 is 26.6 Å². The van der Waals surface area contributed by atoms with Crippen molar-refractivity contribution in [2.24, 2.45) is 7.05 Å². The lowest BCUT2D eigenvalue weighted by Gasteiger charge is -2.28. The van der Waals surface area contributed by atoms with Crippen LogP contribution >= 0.6 is 0 Å². The minimum atomic E-state index is -1.59. The number of esters is 4. The zero-order valence-electron chi connectivity index (χ0n) is 44.4. The Kier molecular flexibility index (Phi) is 23.8. The van der Waals surface area contributed by atoms with Crippen molar-refractivity contribution >= 4 is 53.6 Å². The molecule has 2 aliphatic rings. The largest absolute Gasteiger partial charge is 0.467 e. The van der Waals surface area contributed by atoms with Crippen molar-refractivity contribution in [3.8, 4) is 0 Å². The SMILES string of the molecule is COC(=O)[C@H](Cc1ccccc1)NC(=O)[C@@H](CCC(=O)OC(C)(C)C)NC(=O)[C@H](CCC(=O)OC1CCCCC1)NC(=O)[C@H](CCC(=O)OC1CCCCC1)NC(=O)[C@H](Cc1cncn1C)NC(=O)OC(C)(C)C. The molecule has 2 aromatic rings. The van der Waals surface area contributed by atoms with Crippen LogP contribution in [0.2, 0.25) is 0 Å². The van der Waals surface area contributed by atoms with E-state index in [1.165, 1.54) is 12.5 Å². The van der Waals surface area contributed by atoms with E-state index >= 15 is 0 Å². The fourth-order valence-electron chi connectivity index (χ4n) is 8.57. The fraction of sp³-hybridized carbons (Fsp3) is 0.660. The van der Waals surface area contributed by atoms with Crippen LogP contribution in [0, 0.1) is 0 Å². The van der Waals surface area contributed by atoms with Gasteiger partial charge < -0.3 is 54.8 Å². The van der Waals surface area contributed by atoms with Crippen LogP contribution in [0.5, 0.6) is 0 Å². The van der Waals surface area contributed by atoms with Gasteiger partial charge in [-0.15, -0.1) is 0 Å². The third-order valence-electron chi connectivity index (χ3n) is 12.4. The summed E-state index contributed by atoms with van der Waals surface area (Å²) in [5, 5.41) is 13.2. The van der Waals surface area contributed by atoms with Gasteiger partial charge in [-0.05, 0) is 118 Å². The molecule has 5 amide bonds. The molecule has 2 fully saturated rings. The number of aryl methyl sites for hydroxylation is 1. The average Bonchev–Trinajstić information content (AvgIpc) is 3.74. The number of aromatic nitrogens is 2. The number of benzene rings is 1. The second kappa shape index (κ2) is 29.4. The number of hydrogen-bond donors (Lipinski definition) is 5. The van der Waals surface area contributed by atoms with Crippen LogP contribution in [0.25, 0.3) is 0 Å². The number of ether oxygens (including phenoxy) is 5. The van der Waals surface area contributed by atoms with Gasteiger partial charge in [-0.1, -0.05) is 43.2 Å². The molecule has 0 saturated heterocycles. The number of methoxy groups -OCH3 is 1. The topological polar surface area (TPSA) is 278 Å². The Hall–Kier alpha value is -6.54. The molecule has 0 bridgehead atoms. The lowest BCUT2D eigenvalue weighted by Crippen LogP contribution is -2.59. The lowest BCUT2D eigenvalue weighted by molar-refractivity contribution is -0.155. The van der Waals surface area contributed by atoms with E-state index in [0.29, 0.717) is 36.9 Å². The first-order chi connectivity index (χ1) is 35.0. The molecule has 0 spiro atoms. The van der Waals surface area contributed by atoms with Gasteiger partial charge in [-0.2, -0.15) is 0 Å². The summed E-state index contributed by atoms with van der Waals surface area (Å²) in [6, 6.07) is 1.63. The molecule has 1 aromatic carbocycles. The van der Waals surface area contributed by atoms with Crippen LogP contribution in [-0.4, -0.2) is 124 Å². The van der Waals surface area contributed by atoms with Crippen molar-refractivity contribution in [1.29, 1.82) is 0 Å². The molecule has 0 unspecified atom stereocenters. The third-order valence-corrected chi connectivity index (χ3v) is 12.4. The summed E-state index contributed by atoms with van der Waals surface area (Å²) in [4.78, 5) is 128. The number of rotatable bonds is 25. The van der Waals surface area contributed by atoms with E-state index in [0.717, 1.165) is 45.6 Å². The summed E-state index contributed by atoms with van der Waals surface area (Å²) in [6.07, 6.45) is 7.65. The van der Waals surface area contributed by atoms with Crippen molar-refractivity contribution in [3.05, 3.63) is 54.1 Å². The molecular weight excluding hydrogens is 959 g/mol. The predicted molar refractivity (Wildman–Crippen MR) is 269 cm³/mol. The summed E-state index contributed by atoms with van der Waals surface area (Å²) in [6.45, 7) is 9.96. The summed E-state index contributed by atoms with van der Waals surface area (Å²) in [5.74, 6) is -6.33. The Morgan fingerprint density at radius 1 is 0.568 bits per heavy atom. The van der Waals surface area contributed by atoms with E-state index in [1.807, 2.05) is 0 Å². The first-order valence-electron chi connectivity index (χ1n) is 25.9. The van der Waals surface area contributed by atoms with Crippen molar-refractivity contribution < 1.29 is 66.8 Å². The monoisotopic (exact) mass is 1040 g/mol. The van der Waals surface area contributed by atoms with E-state index < -0.39 is 95.0 Å². The van der Waals surface area contributed by atoms with Crippen molar-refractivity contribution in [2.45, 2.75) is 211 Å². The summed E-state index contributed by atoms with van der Waals surface area (Å²) >= 11 is 0. The second-order valence-electron chi connectivity index (χ2n) is 21.1. The number of imidazole rings is 1. The van der Waals surface area contributed by atoms with Gasteiger partial charge in [0, 0.05) is 51.0 Å². The van der Waals surface area contributed by atoms with Crippen LogP contribution in [-0.2, 0) is 81.9 Å².